The standard InChI is InChI=1S/C19H25F3N4O/c1-2-9-23-17(27)13-25-10-7-14(8-11-25)12-26-16-6-4-3-5-15(16)24-18(26)19(20,21)22/h3-6,14H,2,7-13H2,1H3,(H,23,27). The quantitative estimate of drug-likeness (QED) is 0.834. The lowest BCUT2D eigenvalue weighted by atomic mass is 9.96. The number of likely N-dealkylation sites (tertiary alicyclic amines) is 1. The van der Waals surface area contributed by atoms with Crippen LogP contribution in [0.5, 0.6) is 0 Å². The van der Waals surface area contributed by atoms with Gasteiger partial charge in [-0.1, -0.05) is 19.1 Å². The lowest BCUT2D eigenvalue weighted by Gasteiger charge is -2.32. The van der Waals surface area contributed by atoms with Crippen LogP contribution in [0.2, 0.25) is 0 Å². The zero-order chi connectivity index (χ0) is 19.4. The molecular formula is C19H25F3N4O. The Hall–Kier alpha value is -2.09. The zero-order valence-electron chi connectivity index (χ0n) is 15.4. The Balaban J connectivity index is 1.65. The van der Waals surface area contributed by atoms with E-state index in [1.807, 2.05) is 6.92 Å². The number of nitrogens with one attached hydrogen (secondary N) is 1. The number of hydrogen-bond acceptors (Lipinski definition) is 3. The minimum Gasteiger partial charge on any atom is -0.355 e. The third kappa shape index (κ3) is 4.80. The maximum Gasteiger partial charge on any atom is 0.449 e. The highest BCUT2D eigenvalue weighted by atomic mass is 19.4. The van der Waals surface area contributed by atoms with E-state index < -0.39 is 12.0 Å². The van der Waals surface area contributed by atoms with Gasteiger partial charge in [-0.25, -0.2) is 4.98 Å². The van der Waals surface area contributed by atoms with E-state index in [2.05, 4.69) is 15.2 Å². The first-order chi connectivity index (χ1) is 12.9. The summed E-state index contributed by atoms with van der Waals surface area (Å²) in [5, 5.41) is 2.85. The summed E-state index contributed by atoms with van der Waals surface area (Å²) in [6, 6.07) is 6.73. The Labute approximate surface area is 156 Å². The van der Waals surface area contributed by atoms with Crippen LogP contribution in [0.4, 0.5) is 13.2 Å². The monoisotopic (exact) mass is 382 g/mol. The molecule has 1 N–H and O–H groups in total. The van der Waals surface area contributed by atoms with E-state index in [0.29, 0.717) is 30.7 Å². The predicted octanol–water partition coefficient (Wildman–Crippen LogP) is 3.29. The number of benzene rings is 1. The van der Waals surface area contributed by atoms with Crippen LogP contribution >= 0.6 is 0 Å². The van der Waals surface area contributed by atoms with Crippen LogP contribution in [0.25, 0.3) is 11.0 Å². The molecule has 0 radical (unpaired) electrons. The second kappa shape index (κ2) is 8.29. The number of piperidine rings is 1. The van der Waals surface area contributed by atoms with E-state index >= 15 is 0 Å². The van der Waals surface area contributed by atoms with E-state index in [-0.39, 0.29) is 11.8 Å². The topological polar surface area (TPSA) is 50.2 Å². The molecule has 0 aliphatic carbocycles. The van der Waals surface area contributed by atoms with Crippen molar-refractivity contribution in [3.63, 3.8) is 0 Å². The minimum absolute atomic E-state index is 0.00950. The number of para-hydroxylation sites is 2. The largest absolute Gasteiger partial charge is 0.449 e. The van der Waals surface area contributed by atoms with Gasteiger partial charge in [0.05, 0.1) is 17.6 Å². The highest BCUT2D eigenvalue weighted by Crippen LogP contribution is 2.33. The Morgan fingerprint density at radius 3 is 2.63 bits per heavy atom. The van der Waals surface area contributed by atoms with Crippen molar-refractivity contribution in [2.45, 2.75) is 38.9 Å². The van der Waals surface area contributed by atoms with Crippen molar-refractivity contribution >= 4 is 16.9 Å². The minimum atomic E-state index is -4.48. The van der Waals surface area contributed by atoms with Crippen LogP contribution in [-0.4, -0.2) is 46.5 Å². The van der Waals surface area contributed by atoms with E-state index in [1.54, 1.807) is 24.3 Å². The van der Waals surface area contributed by atoms with Crippen LogP contribution < -0.4 is 5.32 Å². The molecular weight excluding hydrogens is 357 g/mol. The smallest absolute Gasteiger partial charge is 0.355 e. The maximum absolute atomic E-state index is 13.4. The molecule has 0 atom stereocenters. The molecule has 1 aromatic carbocycles. The molecule has 148 valence electrons. The van der Waals surface area contributed by atoms with Gasteiger partial charge in [0, 0.05) is 13.1 Å². The van der Waals surface area contributed by atoms with Crippen molar-refractivity contribution in [3.05, 3.63) is 30.1 Å². The predicted molar refractivity (Wildman–Crippen MR) is 97.2 cm³/mol. The highest BCUT2D eigenvalue weighted by Gasteiger charge is 2.38. The summed E-state index contributed by atoms with van der Waals surface area (Å²) in [6.07, 6.45) is -2.04. The summed E-state index contributed by atoms with van der Waals surface area (Å²) < 4.78 is 41.5. The van der Waals surface area contributed by atoms with Gasteiger partial charge in [0.2, 0.25) is 11.7 Å². The number of nitrogens with zero attached hydrogens (tertiary/aromatic N) is 3. The molecule has 1 aromatic heterocycles. The Bertz CT molecular complexity index is 779. The van der Waals surface area contributed by atoms with E-state index in [4.69, 9.17) is 0 Å². The lowest BCUT2D eigenvalue weighted by Crippen LogP contribution is -2.42. The number of imidazole rings is 1. The molecule has 2 heterocycles. The maximum atomic E-state index is 13.4. The number of carbonyl (C=O) groups is 1. The molecule has 3 rings (SSSR count). The molecule has 1 amide bonds. The second-order valence-electron chi connectivity index (χ2n) is 7.10. The van der Waals surface area contributed by atoms with Crippen LogP contribution in [0.15, 0.2) is 24.3 Å². The fourth-order valence-corrected chi connectivity index (χ4v) is 3.59. The van der Waals surface area contributed by atoms with Crippen molar-refractivity contribution in [3.8, 4) is 0 Å². The molecule has 1 aliphatic heterocycles. The summed E-state index contributed by atoms with van der Waals surface area (Å²) in [5.74, 6) is -0.681. The average molecular weight is 382 g/mol. The number of rotatable bonds is 6. The van der Waals surface area contributed by atoms with E-state index in [1.165, 1.54) is 4.57 Å². The van der Waals surface area contributed by atoms with Crippen molar-refractivity contribution in [2.24, 2.45) is 5.92 Å². The van der Waals surface area contributed by atoms with Gasteiger partial charge in [-0.3, -0.25) is 9.69 Å². The highest BCUT2D eigenvalue weighted by molar-refractivity contribution is 5.78. The molecule has 5 nitrogen and oxygen atoms in total. The number of amides is 1. The van der Waals surface area contributed by atoms with Gasteiger partial charge in [0.15, 0.2) is 0 Å². The van der Waals surface area contributed by atoms with Gasteiger partial charge in [0.25, 0.3) is 0 Å². The molecule has 8 heteroatoms. The van der Waals surface area contributed by atoms with Crippen LogP contribution in [0.1, 0.15) is 32.0 Å². The number of fused-ring (bicyclic) bond motifs is 1. The van der Waals surface area contributed by atoms with Crippen LogP contribution in [-0.2, 0) is 17.5 Å². The summed E-state index contributed by atoms with van der Waals surface area (Å²) in [7, 11) is 0. The fourth-order valence-electron chi connectivity index (χ4n) is 3.59. The van der Waals surface area contributed by atoms with Crippen molar-refractivity contribution < 1.29 is 18.0 Å². The van der Waals surface area contributed by atoms with Gasteiger partial charge < -0.3 is 9.88 Å². The van der Waals surface area contributed by atoms with E-state index in [9.17, 15) is 18.0 Å². The third-order valence-electron chi connectivity index (χ3n) is 5.00. The van der Waals surface area contributed by atoms with Crippen LogP contribution in [0, 0.1) is 5.92 Å². The zero-order valence-corrected chi connectivity index (χ0v) is 15.4. The van der Waals surface area contributed by atoms with E-state index in [0.717, 1.165) is 32.4 Å². The Morgan fingerprint density at radius 2 is 1.96 bits per heavy atom. The Morgan fingerprint density at radius 1 is 1.26 bits per heavy atom. The summed E-state index contributed by atoms with van der Waals surface area (Å²) in [5.41, 5.74) is 0.890. The molecule has 1 saturated heterocycles. The van der Waals surface area contributed by atoms with Gasteiger partial charge in [-0.15, -0.1) is 0 Å². The lowest BCUT2D eigenvalue weighted by molar-refractivity contribution is -0.147. The first-order valence-corrected chi connectivity index (χ1v) is 9.40. The van der Waals surface area contributed by atoms with Crippen molar-refractivity contribution in [2.75, 3.05) is 26.2 Å². The van der Waals surface area contributed by atoms with Gasteiger partial charge >= 0.3 is 6.18 Å². The normalized spacial score (nSPS) is 16.7. The average Bonchev–Trinajstić information content (AvgIpc) is 3.01. The molecule has 2 aromatic rings. The van der Waals surface area contributed by atoms with Gasteiger partial charge in [-0.2, -0.15) is 13.2 Å². The summed E-state index contributed by atoms with van der Waals surface area (Å²) in [4.78, 5) is 17.7. The second-order valence-corrected chi connectivity index (χ2v) is 7.10. The fraction of sp³-hybridized carbons (Fsp3) is 0.579. The van der Waals surface area contributed by atoms with Gasteiger partial charge in [-0.05, 0) is 50.4 Å². The summed E-state index contributed by atoms with van der Waals surface area (Å²) in [6.45, 7) is 4.76. The van der Waals surface area contributed by atoms with Crippen molar-refractivity contribution in [1.29, 1.82) is 0 Å². The number of hydrogen-bond donors (Lipinski definition) is 1. The molecule has 1 aliphatic rings. The Kier molecular flexibility index (Phi) is 6.04. The van der Waals surface area contributed by atoms with Crippen LogP contribution in [0.3, 0.4) is 0 Å². The first kappa shape index (κ1) is 19.7. The molecule has 0 unspecified atom stereocenters. The third-order valence-corrected chi connectivity index (χ3v) is 5.00. The number of halogens is 3. The van der Waals surface area contributed by atoms with Crippen molar-refractivity contribution in [1.82, 2.24) is 19.8 Å². The summed E-state index contributed by atoms with van der Waals surface area (Å²) >= 11 is 0. The van der Waals surface area contributed by atoms with Gasteiger partial charge in [0.1, 0.15) is 0 Å². The number of aromatic nitrogens is 2. The SMILES string of the molecule is CCCNC(=O)CN1CCC(Cn2c(C(F)(F)F)nc3ccccc32)CC1. The molecule has 0 bridgehead atoms. The first-order valence-electron chi connectivity index (χ1n) is 9.40. The molecule has 0 spiro atoms. The number of carbonyl (C=O) groups excluding carboxylic acids is 1. The molecule has 1 fully saturated rings. The molecule has 0 saturated carbocycles. The molecule has 27 heavy (non-hydrogen) atoms. The number of alkyl halides is 3.